The molecular weight excluding hydrogens is 672 g/mol. The monoisotopic (exact) mass is 713 g/mol. The lowest BCUT2D eigenvalue weighted by molar-refractivity contribution is -0.407. The minimum absolute atomic E-state index is 0.00421. The fourth-order valence-corrected chi connectivity index (χ4v) is 7.96. The van der Waals surface area contributed by atoms with E-state index in [-0.39, 0.29) is 60.6 Å². The van der Waals surface area contributed by atoms with Gasteiger partial charge in [-0.3, -0.25) is 9.69 Å². The van der Waals surface area contributed by atoms with E-state index in [4.69, 9.17) is 25.0 Å². The van der Waals surface area contributed by atoms with E-state index >= 15 is 0 Å². The summed E-state index contributed by atoms with van der Waals surface area (Å²) in [5.74, 6) is 0.877. The third-order valence-corrected chi connectivity index (χ3v) is 10.3. The summed E-state index contributed by atoms with van der Waals surface area (Å²) in [6.45, 7) is 5.71. The molecule has 0 saturated carbocycles. The summed E-state index contributed by atoms with van der Waals surface area (Å²) in [5, 5.41) is 3.73. The number of carbonyl (C=O) groups is 1. The van der Waals surface area contributed by atoms with E-state index in [0.717, 1.165) is 31.4 Å². The smallest absolute Gasteiger partial charge is 0.434 e. The second-order valence-electron chi connectivity index (χ2n) is 14.0. The molecule has 17 heteroatoms. The van der Waals surface area contributed by atoms with Gasteiger partial charge in [0.2, 0.25) is 5.91 Å². The molecule has 272 valence electrons. The van der Waals surface area contributed by atoms with Crippen molar-refractivity contribution in [3.05, 3.63) is 46.2 Å². The first-order valence-electron chi connectivity index (χ1n) is 17.1. The quantitative estimate of drug-likeness (QED) is 0.157. The lowest BCUT2D eigenvalue weighted by Crippen LogP contribution is -2.43. The summed E-state index contributed by atoms with van der Waals surface area (Å²) in [6.07, 6.45) is 2.51. The van der Waals surface area contributed by atoms with Gasteiger partial charge in [0, 0.05) is 62.1 Å². The molecule has 0 bridgehead atoms. The molecule has 1 amide bonds. The van der Waals surface area contributed by atoms with E-state index < -0.39 is 23.5 Å². The molecule has 7 rings (SSSR count). The van der Waals surface area contributed by atoms with E-state index in [1.54, 1.807) is 16.7 Å². The second kappa shape index (κ2) is 13.5. The van der Waals surface area contributed by atoms with Gasteiger partial charge >= 0.3 is 18.0 Å². The third-order valence-electron chi connectivity index (χ3n) is 10.3. The number of likely N-dealkylation sites (tertiary alicyclic amines) is 1. The number of halogens is 4. The third kappa shape index (κ3) is 7.12. The van der Waals surface area contributed by atoms with Crippen LogP contribution in [0.25, 0.3) is 6.08 Å². The number of nitrogen functional groups attached to an aromatic ring is 1. The number of hydrogen-bond acceptors (Lipinski definition) is 11. The van der Waals surface area contributed by atoms with Crippen LogP contribution in [0.5, 0.6) is 6.01 Å². The Morgan fingerprint density at radius 3 is 2.76 bits per heavy atom. The number of fused-ring (bicyclic) bond motifs is 2. The van der Waals surface area contributed by atoms with Crippen molar-refractivity contribution in [3.8, 4) is 6.01 Å². The molecule has 4 aliphatic heterocycles. The number of nitrogens with zero attached hydrogens (tertiary/aromatic N) is 9. The minimum Gasteiger partial charge on any atom is -0.443 e. The summed E-state index contributed by atoms with van der Waals surface area (Å²) in [6, 6.07) is 1.30. The molecule has 1 unspecified atom stereocenters. The maximum Gasteiger partial charge on any atom is 0.434 e. The number of aryl methyl sites for hydroxylation is 2. The van der Waals surface area contributed by atoms with E-state index in [0.29, 0.717) is 49.8 Å². The molecule has 13 nitrogen and oxygen atoms in total. The van der Waals surface area contributed by atoms with Crippen molar-refractivity contribution in [1.82, 2.24) is 34.9 Å². The molecule has 0 aromatic carbocycles. The number of alkyl halides is 4. The zero-order valence-corrected chi connectivity index (χ0v) is 28.8. The zero-order chi connectivity index (χ0) is 36.1. The van der Waals surface area contributed by atoms with Crippen molar-refractivity contribution in [2.45, 2.75) is 70.4 Å². The van der Waals surface area contributed by atoms with Gasteiger partial charge in [-0.2, -0.15) is 23.1 Å². The molecule has 0 spiro atoms. The van der Waals surface area contributed by atoms with Crippen LogP contribution in [-0.4, -0.2) is 110 Å². The first-order valence-corrected chi connectivity index (χ1v) is 17.1. The summed E-state index contributed by atoms with van der Waals surface area (Å²) in [5.41, 5.74) is 5.94. The molecule has 3 fully saturated rings. The van der Waals surface area contributed by atoms with Crippen molar-refractivity contribution in [1.29, 1.82) is 0 Å². The minimum atomic E-state index is -4.64. The molecule has 0 radical (unpaired) electrons. The molecule has 4 aliphatic rings. The summed E-state index contributed by atoms with van der Waals surface area (Å²) in [4.78, 5) is 36.1. The number of anilines is 2. The Bertz CT molecular complexity index is 1880. The van der Waals surface area contributed by atoms with Crippen molar-refractivity contribution in [2.75, 3.05) is 57.0 Å². The Balaban J connectivity index is 1.17. The van der Waals surface area contributed by atoms with Crippen molar-refractivity contribution < 1.29 is 36.2 Å². The van der Waals surface area contributed by atoms with Crippen LogP contribution in [0.4, 0.5) is 35.0 Å². The van der Waals surface area contributed by atoms with Gasteiger partial charge < -0.3 is 24.8 Å². The lowest BCUT2D eigenvalue weighted by Gasteiger charge is -2.32. The standard InChI is InChI=1S/C34H41F4N10O3/c1-20-13-26(39)42-31(29(20)34(36,37)38)47-12-8-24-25(18-47)41-32(50-19-33-9-4-10-48(33)17-23(35)14-33)43-30(24)45(3)15-22-7-11-46(16-22)28(49)6-5-27-40-21(2)44-51-27/h5-6,13,15,22-23H,4,7-12,14,16-19H2,1-3H3,(H2,39,42)/q+1/b6-5+,45-15?/t22?,23-,33+/m1/s1. The van der Waals surface area contributed by atoms with Gasteiger partial charge in [-0.05, 0) is 51.3 Å². The van der Waals surface area contributed by atoms with Crippen LogP contribution >= 0.6 is 0 Å². The summed E-state index contributed by atoms with van der Waals surface area (Å²) in [7, 11) is 1.85. The molecule has 3 saturated heterocycles. The molecule has 0 aliphatic carbocycles. The first kappa shape index (κ1) is 34.8. The van der Waals surface area contributed by atoms with E-state index in [1.807, 2.05) is 17.8 Å². The van der Waals surface area contributed by atoms with Gasteiger partial charge in [0.05, 0.1) is 36.6 Å². The Morgan fingerprint density at radius 1 is 1.18 bits per heavy atom. The molecule has 3 atom stereocenters. The number of carbonyl (C=O) groups excluding carboxylic acids is 1. The van der Waals surface area contributed by atoms with Crippen LogP contribution in [0.15, 0.2) is 16.7 Å². The van der Waals surface area contributed by atoms with Gasteiger partial charge in [-0.15, -0.1) is 0 Å². The molecule has 7 heterocycles. The number of ether oxygens (including phenoxy) is 1. The number of amides is 1. The predicted octanol–water partition coefficient (Wildman–Crippen LogP) is 3.90. The largest absolute Gasteiger partial charge is 0.443 e. The second-order valence-corrected chi connectivity index (χ2v) is 14.0. The fraction of sp³-hybridized carbons (Fsp3) is 0.559. The van der Waals surface area contributed by atoms with Crippen molar-refractivity contribution >= 4 is 35.7 Å². The molecular formula is C34H41F4N10O3+. The predicted molar refractivity (Wildman–Crippen MR) is 178 cm³/mol. The van der Waals surface area contributed by atoms with Crippen LogP contribution in [0.3, 0.4) is 0 Å². The fourth-order valence-electron chi connectivity index (χ4n) is 7.96. The number of rotatable bonds is 8. The lowest BCUT2D eigenvalue weighted by atomic mass is 9.95. The van der Waals surface area contributed by atoms with Gasteiger partial charge in [0.25, 0.3) is 5.89 Å². The number of hydrogen-bond donors (Lipinski definition) is 1. The zero-order valence-electron chi connectivity index (χ0n) is 28.8. The van der Waals surface area contributed by atoms with Crippen molar-refractivity contribution in [3.63, 3.8) is 0 Å². The molecule has 3 aromatic rings. The highest BCUT2D eigenvalue weighted by atomic mass is 19.4. The van der Waals surface area contributed by atoms with E-state index in [2.05, 4.69) is 20.0 Å². The SMILES string of the molecule is Cc1noc(/C=C/C(=O)N2CCC(C=[N+](C)c3nc(OC[C@@]45CCCN4C[C@H](F)C5)nc4c3CCN(c3nc(N)cc(C)c3C(F)(F)F)C4)C2)n1. The van der Waals surface area contributed by atoms with E-state index in [1.165, 1.54) is 25.1 Å². The van der Waals surface area contributed by atoms with Crippen LogP contribution < -0.4 is 15.4 Å². The Kier molecular flexibility index (Phi) is 9.18. The maximum absolute atomic E-state index is 14.5. The Hall–Kier alpha value is -4.67. The van der Waals surface area contributed by atoms with E-state index in [9.17, 15) is 22.4 Å². The number of pyridine rings is 1. The number of nitrogens with two attached hydrogens (primary N) is 1. The van der Waals surface area contributed by atoms with Gasteiger partial charge in [-0.1, -0.05) is 5.16 Å². The van der Waals surface area contributed by atoms with Crippen LogP contribution in [0.2, 0.25) is 0 Å². The van der Waals surface area contributed by atoms with Crippen LogP contribution in [0, 0.1) is 19.8 Å². The van der Waals surface area contributed by atoms with Crippen molar-refractivity contribution in [2.24, 2.45) is 5.92 Å². The maximum atomic E-state index is 14.5. The number of aromatic nitrogens is 5. The molecule has 51 heavy (non-hydrogen) atoms. The highest BCUT2D eigenvalue weighted by Gasteiger charge is 2.50. The van der Waals surface area contributed by atoms with Gasteiger partial charge in [0.1, 0.15) is 30.0 Å². The van der Waals surface area contributed by atoms with Crippen LogP contribution in [-0.2, 0) is 23.9 Å². The molecule has 3 aromatic heterocycles. The average molecular weight is 714 g/mol. The summed E-state index contributed by atoms with van der Waals surface area (Å²) >= 11 is 0. The average Bonchev–Trinajstić information content (AvgIpc) is 3.85. The highest BCUT2D eigenvalue weighted by molar-refractivity contribution is 5.91. The first-order chi connectivity index (χ1) is 24.3. The van der Waals surface area contributed by atoms with Crippen LogP contribution in [0.1, 0.15) is 59.8 Å². The topological polar surface area (TPSA) is 143 Å². The highest BCUT2D eigenvalue weighted by Crippen LogP contribution is 2.42. The Morgan fingerprint density at radius 2 is 2.00 bits per heavy atom. The van der Waals surface area contributed by atoms with Gasteiger partial charge in [0.15, 0.2) is 5.82 Å². The Labute approximate surface area is 292 Å². The van der Waals surface area contributed by atoms with Gasteiger partial charge in [-0.25, -0.2) is 13.9 Å². The molecule has 2 N–H and O–H groups in total. The summed E-state index contributed by atoms with van der Waals surface area (Å²) < 4.78 is 70.5. The normalized spacial score (nSPS) is 24.1.